The van der Waals surface area contributed by atoms with E-state index in [1.165, 1.54) is 18.2 Å². The highest BCUT2D eigenvalue weighted by Gasteiger charge is 2.31. The largest absolute Gasteiger partial charge is 0.573 e. The molecule has 0 aliphatic heterocycles. The normalized spacial score (nSPS) is 11.3. The number of aryl methyl sites for hydroxylation is 1. The van der Waals surface area contributed by atoms with Gasteiger partial charge in [0.15, 0.2) is 0 Å². The monoisotopic (exact) mass is 452 g/mol. The number of ether oxygens (including phenoxy) is 1. The van der Waals surface area contributed by atoms with Gasteiger partial charge in [-0.25, -0.2) is 4.98 Å². The summed E-state index contributed by atoms with van der Waals surface area (Å²) in [6, 6.07) is 12.6. The van der Waals surface area contributed by atoms with Crippen LogP contribution in [0.25, 0.3) is 11.3 Å². The summed E-state index contributed by atoms with van der Waals surface area (Å²) in [6.45, 7) is 2.33. The maximum Gasteiger partial charge on any atom is 0.573 e. The van der Waals surface area contributed by atoms with E-state index in [1.807, 2.05) is 13.0 Å². The van der Waals surface area contributed by atoms with Gasteiger partial charge in [0.2, 0.25) is 5.95 Å². The number of halogens is 4. The molecule has 0 saturated carbocycles. The Balaban J connectivity index is 1.96. The zero-order valence-electron chi connectivity index (χ0n) is 16.5. The van der Waals surface area contributed by atoms with Crippen molar-refractivity contribution < 1.29 is 23.0 Å². The molecule has 0 radical (unpaired) electrons. The van der Waals surface area contributed by atoms with Crippen LogP contribution >= 0.6 is 11.6 Å². The van der Waals surface area contributed by atoms with Gasteiger partial charge in [0.1, 0.15) is 11.6 Å². The zero-order chi connectivity index (χ0) is 22.4. The fraction of sp³-hybridized carbons (Fsp3) is 0.238. The molecule has 0 atom stereocenters. The predicted molar refractivity (Wildman–Crippen MR) is 114 cm³/mol. The molecule has 3 aromatic rings. The average Bonchev–Trinajstić information content (AvgIpc) is 2.69. The van der Waals surface area contributed by atoms with E-state index in [9.17, 15) is 13.2 Å². The van der Waals surface area contributed by atoms with Gasteiger partial charge in [-0.05, 0) is 43.2 Å². The van der Waals surface area contributed by atoms with Crippen LogP contribution < -0.4 is 15.4 Å². The second-order valence-electron chi connectivity index (χ2n) is 6.65. The lowest BCUT2D eigenvalue weighted by molar-refractivity contribution is -0.274. The van der Waals surface area contributed by atoms with Crippen molar-refractivity contribution in [1.29, 1.82) is 0 Å². The van der Waals surface area contributed by atoms with Crippen molar-refractivity contribution in [3.8, 4) is 17.0 Å². The number of alkyl halides is 3. The molecule has 6 nitrogen and oxygen atoms in total. The molecule has 0 aliphatic rings. The third-order valence-corrected chi connectivity index (χ3v) is 4.41. The number of aliphatic hydroxyl groups is 1. The minimum absolute atomic E-state index is 0.00635. The first-order valence-electron chi connectivity index (χ1n) is 9.37. The fourth-order valence-electron chi connectivity index (χ4n) is 2.73. The summed E-state index contributed by atoms with van der Waals surface area (Å²) in [5, 5.41) is 15.6. The van der Waals surface area contributed by atoms with Gasteiger partial charge in [0, 0.05) is 24.8 Å². The van der Waals surface area contributed by atoms with Crippen molar-refractivity contribution in [2.24, 2.45) is 0 Å². The first-order chi connectivity index (χ1) is 14.7. The van der Waals surface area contributed by atoms with Gasteiger partial charge >= 0.3 is 6.36 Å². The molecule has 0 aliphatic carbocycles. The molecule has 1 aromatic heterocycles. The molecule has 0 spiro atoms. The SMILES string of the molecule is Cc1ccc(Nc2cc(-c3cccc(OC(F)(F)F)c3)nc(NCCCO)n2)c(Cl)c1. The first-order valence-corrected chi connectivity index (χ1v) is 9.74. The van der Waals surface area contributed by atoms with Gasteiger partial charge in [0.05, 0.1) is 16.4 Å². The number of anilines is 3. The summed E-state index contributed by atoms with van der Waals surface area (Å²) in [4.78, 5) is 8.76. The highest BCUT2D eigenvalue weighted by Crippen LogP contribution is 2.31. The Morgan fingerprint density at radius 1 is 1.10 bits per heavy atom. The molecule has 0 saturated heterocycles. The summed E-state index contributed by atoms with van der Waals surface area (Å²) in [7, 11) is 0. The molecule has 0 amide bonds. The van der Waals surface area contributed by atoms with Gasteiger partial charge in [-0.1, -0.05) is 29.8 Å². The highest BCUT2D eigenvalue weighted by molar-refractivity contribution is 6.33. The Kier molecular flexibility index (Phi) is 7.19. The van der Waals surface area contributed by atoms with E-state index >= 15 is 0 Å². The molecular formula is C21H20ClF3N4O2. The Morgan fingerprint density at radius 2 is 1.90 bits per heavy atom. The minimum atomic E-state index is -4.80. The number of rotatable bonds is 8. The lowest BCUT2D eigenvalue weighted by Crippen LogP contribution is -2.17. The van der Waals surface area contributed by atoms with Crippen molar-refractivity contribution in [2.45, 2.75) is 19.7 Å². The van der Waals surface area contributed by atoms with Crippen LogP contribution in [0.4, 0.5) is 30.6 Å². The number of aromatic nitrogens is 2. The summed E-state index contributed by atoms with van der Waals surface area (Å²) in [5.41, 5.74) is 2.39. The van der Waals surface area contributed by atoms with E-state index in [2.05, 4.69) is 25.3 Å². The second-order valence-corrected chi connectivity index (χ2v) is 7.06. The van der Waals surface area contributed by atoms with Gasteiger partial charge in [-0.3, -0.25) is 0 Å². The molecule has 3 N–H and O–H groups in total. The number of hydrogen-bond acceptors (Lipinski definition) is 6. The lowest BCUT2D eigenvalue weighted by atomic mass is 10.1. The highest BCUT2D eigenvalue weighted by atomic mass is 35.5. The van der Waals surface area contributed by atoms with Crippen LogP contribution in [0, 0.1) is 6.92 Å². The van der Waals surface area contributed by atoms with E-state index in [0.717, 1.165) is 5.56 Å². The van der Waals surface area contributed by atoms with Crippen LogP contribution in [-0.2, 0) is 0 Å². The molecule has 1 heterocycles. The van der Waals surface area contributed by atoms with E-state index in [0.29, 0.717) is 40.8 Å². The Morgan fingerprint density at radius 3 is 2.61 bits per heavy atom. The number of nitrogens with one attached hydrogen (secondary N) is 2. The van der Waals surface area contributed by atoms with Gasteiger partial charge in [-0.2, -0.15) is 4.98 Å². The molecule has 0 bridgehead atoms. The number of nitrogens with zero attached hydrogens (tertiary/aromatic N) is 2. The van der Waals surface area contributed by atoms with E-state index in [-0.39, 0.29) is 18.3 Å². The molecule has 31 heavy (non-hydrogen) atoms. The molecule has 164 valence electrons. The van der Waals surface area contributed by atoms with Crippen LogP contribution in [0.3, 0.4) is 0 Å². The van der Waals surface area contributed by atoms with Crippen LogP contribution in [0.15, 0.2) is 48.5 Å². The van der Waals surface area contributed by atoms with E-state index in [4.69, 9.17) is 16.7 Å². The molecule has 2 aromatic carbocycles. The standard InChI is InChI=1S/C21H20ClF3N4O2/c1-13-6-7-17(16(22)10-13)27-19-12-18(28-20(29-19)26-8-3-9-30)14-4-2-5-15(11-14)31-21(23,24)25/h2,4-7,10-12,30H,3,8-9H2,1H3,(H2,26,27,28,29). The summed E-state index contributed by atoms with van der Waals surface area (Å²) in [5.74, 6) is 0.290. The fourth-order valence-corrected chi connectivity index (χ4v) is 3.01. The third-order valence-electron chi connectivity index (χ3n) is 4.09. The summed E-state index contributed by atoms with van der Waals surface area (Å²) in [6.07, 6.45) is -4.31. The molecule has 10 heteroatoms. The van der Waals surface area contributed by atoms with Crippen LogP contribution in [0.2, 0.25) is 5.02 Å². The van der Waals surface area contributed by atoms with Crippen molar-refractivity contribution in [3.05, 3.63) is 59.1 Å². The molecular weight excluding hydrogens is 433 g/mol. The van der Waals surface area contributed by atoms with Gasteiger partial charge < -0.3 is 20.5 Å². The quantitative estimate of drug-likeness (QED) is 0.389. The first kappa shape index (κ1) is 22.6. The van der Waals surface area contributed by atoms with Gasteiger partial charge in [0.25, 0.3) is 0 Å². The molecule has 3 rings (SSSR count). The number of hydrogen-bond donors (Lipinski definition) is 3. The van der Waals surface area contributed by atoms with Crippen molar-refractivity contribution in [3.63, 3.8) is 0 Å². The van der Waals surface area contributed by atoms with Crippen molar-refractivity contribution >= 4 is 29.1 Å². The summed E-state index contributed by atoms with van der Waals surface area (Å²) < 4.78 is 41.8. The molecule has 0 unspecified atom stereocenters. The number of aliphatic hydroxyl groups excluding tert-OH is 1. The minimum Gasteiger partial charge on any atom is -0.406 e. The Labute approximate surface area is 182 Å². The number of benzene rings is 2. The second kappa shape index (κ2) is 9.84. The molecule has 0 fully saturated rings. The summed E-state index contributed by atoms with van der Waals surface area (Å²) >= 11 is 6.29. The van der Waals surface area contributed by atoms with E-state index in [1.54, 1.807) is 24.3 Å². The predicted octanol–water partition coefficient (Wildman–Crippen LogP) is 5.54. The smallest absolute Gasteiger partial charge is 0.406 e. The van der Waals surface area contributed by atoms with Crippen molar-refractivity contribution in [2.75, 3.05) is 23.8 Å². The third kappa shape index (κ3) is 6.73. The van der Waals surface area contributed by atoms with Crippen LogP contribution in [0.5, 0.6) is 5.75 Å². The van der Waals surface area contributed by atoms with Crippen LogP contribution in [-0.4, -0.2) is 34.6 Å². The van der Waals surface area contributed by atoms with Crippen molar-refractivity contribution in [1.82, 2.24) is 9.97 Å². The zero-order valence-corrected chi connectivity index (χ0v) is 17.3. The van der Waals surface area contributed by atoms with Gasteiger partial charge in [-0.15, -0.1) is 13.2 Å². The average molecular weight is 453 g/mol. The lowest BCUT2D eigenvalue weighted by Gasteiger charge is -2.13. The Hall–Kier alpha value is -3.04. The topological polar surface area (TPSA) is 79.3 Å². The Bertz CT molecular complexity index is 1050. The maximum atomic E-state index is 12.6. The van der Waals surface area contributed by atoms with E-state index < -0.39 is 6.36 Å². The van der Waals surface area contributed by atoms with Crippen LogP contribution in [0.1, 0.15) is 12.0 Å². The maximum absolute atomic E-state index is 12.6.